The van der Waals surface area contributed by atoms with Gasteiger partial charge in [-0.3, -0.25) is 9.52 Å². The predicted molar refractivity (Wildman–Crippen MR) is 98.2 cm³/mol. The van der Waals surface area contributed by atoms with E-state index in [2.05, 4.69) is 9.71 Å². The van der Waals surface area contributed by atoms with Crippen molar-refractivity contribution in [1.82, 2.24) is 9.88 Å². The molecule has 7 nitrogen and oxygen atoms in total. The lowest BCUT2D eigenvalue weighted by molar-refractivity contribution is 0.0303. The van der Waals surface area contributed by atoms with Crippen molar-refractivity contribution in [2.45, 2.75) is 4.90 Å². The van der Waals surface area contributed by atoms with Crippen molar-refractivity contribution in [3.05, 3.63) is 52.3 Å². The Morgan fingerprint density at radius 1 is 1.12 bits per heavy atom. The van der Waals surface area contributed by atoms with E-state index in [1.807, 2.05) is 0 Å². The Hall–Kier alpha value is -1.87. The van der Waals surface area contributed by atoms with Crippen molar-refractivity contribution in [2.24, 2.45) is 0 Å². The van der Waals surface area contributed by atoms with Crippen molar-refractivity contribution in [2.75, 3.05) is 31.0 Å². The van der Waals surface area contributed by atoms with Crippen molar-refractivity contribution in [3.63, 3.8) is 0 Å². The number of ether oxygens (including phenoxy) is 1. The topological polar surface area (TPSA) is 88.6 Å². The number of halogens is 2. The monoisotopic (exact) mass is 415 g/mol. The van der Waals surface area contributed by atoms with Gasteiger partial charge >= 0.3 is 0 Å². The Morgan fingerprint density at radius 3 is 2.50 bits per heavy atom. The van der Waals surface area contributed by atoms with E-state index in [0.29, 0.717) is 26.3 Å². The van der Waals surface area contributed by atoms with Gasteiger partial charge in [0.05, 0.1) is 24.5 Å². The first-order valence-electron chi connectivity index (χ1n) is 7.69. The molecule has 1 aromatic heterocycles. The summed E-state index contributed by atoms with van der Waals surface area (Å²) in [5.74, 6) is -0.271. The zero-order chi connectivity index (χ0) is 18.7. The molecule has 0 bridgehead atoms. The summed E-state index contributed by atoms with van der Waals surface area (Å²) in [7, 11) is -4.05. The van der Waals surface area contributed by atoms with E-state index in [9.17, 15) is 13.2 Å². The standard InChI is InChI=1S/C16H15Cl2N3O4S/c17-14-6-5-13(15(18)19-14)26(23,24)20-12-4-2-1-3-11(12)16(22)21-7-9-25-10-8-21/h1-6,20H,7-10H2. The molecule has 2 aromatic rings. The highest BCUT2D eigenvalue weighted by Gasteiger charge is 2.25. The van der Waals surface area contributed by atoms with Gasteiger partial charge in [-0.1, -0.05) is 35.3 Å². The first-order valence-corrected chi connectivity index (χ1v) is 9.93. The number of para-hydroxylation sites is 1. The van der Waals surface area contributed by atoms with E-state index in [-0.39, 0.29) is 32.4 Å². The number of nitrogens with zero attached hydrogens (tertiary/aromatic N) is 2. The number of hydrogen-bond donors (Lipinski definition) is 1. The van der Waals surface area contributed by atoms with E-state index in [1.165, 1.54) is 18.2 Å². The second-order valence-electron chi connectivity index (χ2n) is 5.48. The molecule has 2 heterocycles. The van der Waals surface area contributed by atoms with Crippen molar-refractivity contribution in [3.8, 4) is 0 Å². The summed E-state index contributed by atoms with van der Waals surface area (Å²) < 4.78 is 33.0. The van der Waals surface area contributed by atoms with E-state index in [0.717, 1.165) is 0 Å². The zero-order valence-corrected chi connectivity index (χ0v) is 15.8. The molecule has 1 aromatic carbocycles. The van der Waals surface area contributed by atoms with Gasteiger partial charge < -0.3 is 9.64 Å². The quantitative estimate of drug-likeness (QED) is 0.775. The van der Waals surface area contributed by atoms with Crippen molar-refractivity contribution >= 4 is 44.8 Å². The summed E-state index contributed by atoms with van der Waals surface area (Å²) in [5, 5.41) is -0.168. The number of hydrogen-bond acceptors (Lipinski definition) is 5. The third kappa shape index (κ3) is 4.09. The van der Waals surface area contributed by atoms with Crippen LogP contribution in [0.25, 0.3) is 0 Å². The second kappa shape index (κ2) is 7.79. The SMILES string of the molecule is O=C(c1ccccc1NS(=O)(=O)c1ccc(Cl)nc1Cl)N1CCOCC1. The molecule has 26 heavy (non-hydrogen) atoms. The average molecular weight is 416 g/mol. The molecule has 0 atom stereocenters. The van der Waals surface area contributed by atoms with Crippen molar-refractivity contribution < 1.29 is 17.9 Å². The molecule has 1 N–H and O–H groups in total. The molecule has 138 valence electrons. The molecule has 0 saturated carbocycles. The van der Waals surface area contributed by atoms with Crippen LogP contribution in [0.4, 0.5) is 5.69 Å². The number of anilines is 1. The van der Waals surface area contributed by atoms with Crippen LogP contribution in [0.3, 0.4) is 0 Å². The van der Waals surface area contributed by atoms with E-state index in [1.54, 1.807) is 23.1 Å². The maximum absolute atomic E-state index is 12.7. The molecule has 1 saturated heterocycles. The summed E-state index contributed by atoms with van der Waals surface area (Å²) in [4.78, 5) is 17.9. The number of amides is 1. The van der Waals surface area contributed by atoms with Crippen LogP contribution in [-0.2, 0) is 14.8 Å². The zero-order valence-electron chi connectivity index (χ0n) is 13.5. The Kier molecular flexibility index (Phi) is 5.67. The summed E-state index contributed by atoms with van der Waals surface area (Å²) >= 11 is 11.6. The van der Waals surface area contributed by atoms with Gasteiger partial charge in [0.2, 0.25) is 0 Å². The van der Waals surface area contributed by atoms with Gasteiger partial charge in [0, 0.05) is 13.1 Å². The molecule has 1 amide bonds. The minimum Gasteiger partial charge on any atom is -0.378 e. The van der Waals surface area contributed by atoms with Crippen LogP contribution in [0.2, 0.25) is 10.3 Å². The van der Waals surface area contributed by atoms with Crippen LogP contribution < -0.4 is 4.72 Å². The molecule has 3 rings (SSSR count). The minimum absolute atomic E-state index is 0.0804. The van der Waals surface area contributed by atoms with Gasteiger partial charge in [0.1, 0.15) is 10.0 Å². The molecule has 1 aliphatic heterocycles. The summed E-state index contributed by atoms with van der Waals surface area (Å²) in [6.45, 7) is 1.80. The van der Waals surface area contributed by atoms with Gasteiger partial charge in [0.25, 0.3) is 15.9 Å². The third-order valence-corrected chi connectivity index (χ3v) is 5.78. The van der Waals surface area contributed by atoms with E-state index < -0.39 is 10.0 Å². The van der Waals surface area contributed by atoms with Crippen LogP contribution in [0.5, 0.6) is 0 Å². The van der Waals surface area contributed by atoms with Crippen LogP contribution in [-0.4, -0.2) is 50.5 Å². The smallest absolute Gasteiger partial charge is 0.264 e. The number of carbonyl (C=O) groups excluding carboxylic acids is 1. The Bertz CT molecular complexity index is 931. The molecule has 0 aliphatic carbocycles. The number of carbonyl (C=O) groups is 1. The Labute approximate surface area is 160 Å². The average Bonchev–Trinajstić information content (AvgIpc) is 2.61. The molecular weight excluding hydrogens is 401 g/mol. The number of rotatable bonds is 4. The van der Waals surface area contributed by atoms with Gasteiger partial charge in [0.15, 0.2) is 5.15 Å². The molecular formula is C16H15Cl2N3O4S. The number of sulfonamides is 1. The fourth-order valence-electron chi connectivity index (χ4n) is 2.49. The minimum atomic E-state index is -4.05. The Morgan fingerprint density at radius 2 is 1.81 bits per heavy atom. The van der Waals surface area contributed by atoms with Crippen LogP contribution in [0.1, 0.15) is 10.4 Å². The fraction of sp³-hybridized carbons (Fsp3) is 0.250. The second-order valence-corrected chi connectivity index (χ2v) is 7.87. The molecule has 1 aliphatic rings. The highest BCUT2D eigenvalue weighted by Crippen LogP contribution is 2.26. The summed E-state index contributed by atoms with van der Waals surface area (Å²) in [6.07, 6.45) is 0. The number of pyridine rings is 1. The molecule has 10 heteroatoms. The van der Waals surface area contributed by atoms with Crippen LogP contribution in [0, 0.1) is 0 Å². The largest absolute Gasteiger partial charge is 0.378 e. The third-order valence-electron chi connectivity index (χ3n) is 3.77. The lowest BCUT2D eigenvalue weighted by Gasteiger charge is -2.27. The highest BCUT2D eigenvalue weighted by atomic mass is 35.5. The molecule has 1 fully saturated rings. The first-order chi connectivity index (χ1) is 12.4. The van der Waals surface area contributed by atoms with Gasteiger partial charge in [-0.25, -0.2) is 13.4 Å². The summed E-state index contributed by atoms with van der Waals surface area (Å²) in [6, 6.07) is 8.97. The number of nitrogens with one attached hydrogen (secondary N) is 1. The fourth-order valence-corrected chi connectivity index (χ4v) is 4.24. The van der Waals surface area contributed by atoms with Gasteiger partial charge in [-0.2, -0.15) is 0 Å². The number of morpholine rings is 1. The van der Waals surface area contributed by atoms with E-state index in [4.69, 9.17) is 27.9 Å². The van der Waals surface area contributed by atoms with E-state index >= 15 is 0 Å². The maximum atomic E-state index is 12.7. The van der Waals surface area contributed by atoms with Gasteiger partial charge in [-0.15, -0.1) is 0 Å². The van der Waals surface area contributed by atoms with Crippen LogP contribution in [0.15, 0.2) is 41.3 Å². The Balaban J connectivity index is 1.91. The number of benzene rings is 1. The number of aromatic nitrogens is 1. The molecule has 0 unspecified atom stereocenters. The van der Waals surface area contributed by atoms with Crippen LogP contribution >= 0.6 is 23.2 Å². The maximum Gasteiger partial charge on any atom is 0.264 e. The first kappa shape index (κ1) is 18.9. The normalized spacial score (nSPS) is 14.9. The molecule has 0 spiro atoms. The molecule has 0 radical (unpaired) electrons. The predicted octanol–water partition coefficient (Wildman–Crippen LogP) is 2.66. The van der Waals surface area contributed by atoms with Crippen molar-refractivity contribution in [1.29, 1.82) is 0 Å². The lowest BCUT2D eigenvalue weighted by Crippen LogP contribution is -2.41. The summed E-state index contributed by atoms with van der Waals surface area (Å²) in [5.41, 5.74) is 0.408. The van der Waals surface area contributed by atoms with Gasteiger partial charge in [-0.05, 0) is 24.3 Å². The highest BCUT2D eigenvalue weighted by molar-refractivity contribution is 7.92. The lowest BCUT2D eigenvalue weighted by atomic mass is 10.1.